The van der Waals surface area contributed by atoms with E-state index < -0.39 is 0 Å². The van der Waals surface area contributed by atoms with Gasteiger partial charge in [-0.1, -0.05) is 13.8 Å². The van der Waals surface area contributed by atoms with Crippen molar-refractivity contribution in [2.24, 2.45) is 5.92 Å². The Balaban J connectivity index is 1.94. The zero-order valence-electron chi connectivity index (χ0n) is 11.1. The van der Waals surface area contributed by atoms with Crippen LogP contribution in [0.25, 0.3) is 0 Å². The Labute approximate surface area is 104 Å². The second-order valence-corrected chi connectivity index (χ2v) is 5.10. The van der Waals surface area contributed by atoms with Gasteiger partial charge in [-0.2, -0.15) is 0 Å². The van der Waals surface area contributed by atoms with Gasteiger partial charge in [-0.25, -0.2) is 0 Å². The van der Waals surface area contributed by atoms with Crippen LogP contribution in [0.5, 0.6) is 0 Å². The third kappa shape index (κ3) is 7.34. The number of piperidine rings is 1. The van der Waals surface area contributed by atoms with Crippen molar-refractivity contribution in [2.75, 3.05) is 26.2 Å². The lowest BCUT2D eigenvalue weighted by molar-refractivity contribution is -0.121. The molecule has 0 aromatic carbocycles. The van der Waals surface area contributed by atoms with E-state index in [2.05, 4.69) is 24.5 Å². The molecule has 1 rings (SSSR count). The molecule has 1 heterocycles. The quantitative estimate of drug-likeness (QED) is 0.662. The summed E-state index contributed by atoms with van der Waals surface area (Å²) in [6.07, 6.45) is 4.14. The van der Waals surface area contributed by atoms with Gasteiger partial charge in [0.05, 0.1) is 12.7 Å². The molecule has 100 valence electrons. The van der Waals surface area contributed by atoms with Crippen molar-refractivity contribution in [3.63, 3.8) is 0 Å². The van der Waals surface area contributed by atoms with Gasteiger partial charge in [0.1, 0.15) is 0 Å². The number of carbonyl (C=O) groups excluding carboxylic acids is 1. The Kier molecular flexibility index (Phi) is 7.21. The van der Waals surface area contributed by atoms with E-state index in [1.807, 2.05) is 0 Å². The van der Waals surface area contributed by atoms with E-state index in [0.29, 0.717) is 31.6 Å². The summed E-state index contributed by atoms with van der Waals surface area (Å²) in [5, 5.41) is 6.20. The second kappa shape index (κ2) is 8.48. The van der Waals surface area contributed by atoms with Crippen LogP contribution in [0.4, 0.5) is 0 Å². The maximum Gasteiger partial charge on any atom is 0.220 e. The number of ether oxygens (including phenoxy) is 1. The highest BCUT2D eigenvalue weighted by molar-refractivity contribution is 5.75. The minimum absolute atomic E-state index is 0.146. The third-order valence-electron chi connectivity index (χ3n) is 3.01. The fraction of sp³-hybridized carbons (Fsp3) is 0.923. The molecule has 1 aliphatic heterocycles. The van der Waals surface area contributed by atoms with Crippen molar-refractivity contribution in [2.45, 2.75) is 45.6 Å². The number of nitrogens with one attached hydrogen (secondary N) is 2. The summed E-state index contributed by atoms with van der Waals surface area (Å²) in [6, 6.07) is 0. The van der Waals surface area contributed by atoms with Crippen LogP contribution >= 0.6 is 0 Å². The Morgan fingerprint density at radius 2 is 2.12 bits per heavy atom. The molecular formula is C13H26N2O2. The normalized spacial score (nSPS) is 17.4. The summed E-state index contributed by atoms with van der Waals surface area (Å²) in [5.41, 5.74) is 0. The van der Waals surface area contributed by atoms with Crippen LogP contribution in [0.3, 0.4) is 0 Å². The second-order valence-electron chi connectivity index (χ2n) is 5.10. The largest absolute Gasteiger partial charge is 0.376 e. The summed E-state index contributed by atoms with van der Waals surface area (Å²) in [6.45, 7) is 7.64. The van der Waals surface area contributed by atoms with E-state index in [-0.39, 0.29) is 5.91 Å². The van der Waals surface area contributed by atoms with Crippen LogP contribution in [0.15, 0.2) is 0 Å². The molecule has 0 bridgehead atoms. The fourth-order valence-corrected chi connectivity index (χ4v) is 1.89. The molecule has 0 aromatic heterocycles. The van der Waals surface area contributed by atoms with Crippen molar-refractivity contribution >= 4 is 5.91 Å². The molecule has 0 spiro atoms. The highest BCUT2D eigenvalue weighted by Crippen LogP contribution is 2.06. The number of hydrogen-bond acceptors (Lipinski definition) is 3. The predicted octanol–water partition coefficient (Wildman–Crippen LogP) is 1.31. The number of carbonyl (C=O) groups is 1. The van der Waals surface area contributed by atoms with Gasteiger partial charge in [0, 0.05) is 13.0 Å². The van der Waals surface area contributed by atoms with Gasteiger partial charge in [0.2, 0.25) is 5.91 Å². The summed E-state index contributed by atoms with van der Waals surface area (Å²) < 4.78 is 5.70. The first-order chi connectivity index (χ1) is 8.18. The predicted molar refractivity (Wildman–Crippen MR) is 68.9 cm³/mol. The third-order valence-corrected chi connectivity index (χ3v) is 3.01. The topological polar surface area (TPSA) is 50.4 Å². The van der Waals surface area contributed by atoms with Crippen molar-refractivity contribution in [1.29, 1.82) is 0 Å². The average molecular weight is 242 g/mol. The van der Waals surface area contributed by atoms with E-state index in [4.69, 9.17) is 4.74 Å². The standard InChI is InChI=1S/C13H26N2O2/c1-11(2)3-4-13(16)15-9-10-17-12-5-7-14-8-6-12/h11-12,14H,3-10H2,1-2H3,(H,15,16). The van der Waals surface area contributed by atoms with Crippen LogP contribution in [-0.2, 0) is 9.53 Å². The summed E-state index contributed by atoms with van der Waals surface area (Å²) >= 11 is 0. The zero-order chi connectivity index (χ0) is 12.5. The molecule has 1 amide bonds. The molecule has 0 radical (unpaired) electrons. The minimum atomic E-state index is 0.146. The molecule has 4 heteroatoms. The molecule has 1 aliphatic rings. The first-order valence-electron chi connectivity index (χ1n) is 6.77. The SMILES string of the molecule is CC(C)CCC(=O)NCCOC1CCNCC1. The smallest absolute Gasteiger partial charge is 0.220 e. The lowest BCUT2D eigenvalue weighted by Gasteiger charge is -2.22. The molecule has 1 saturated heterocycles. The number of rotatable bonds is 7. The van der Waals surface area contributed by atoms with Crippen molar-refractivity contribution < 1.29 is 9.53 Å². The Morgan fingerprint density at radius 3 is 2.76 bits per heavy atom. The van der Waals surface area contributed by atoms with Crippen LogP contribution in [0, 0.1) is 5.92 Å². The summed E-state index contributed by atoms with van der Waals surface area (Å²) in [4.78, 5) is 11.4. The molecule has 0 unspecified atom stereocenters. The van der Waals surface area contributed by atoms with E-state index in [1.54, 1.807) is 0 Å². The van der Waals surface area contributed by atoms with Gasteiger partial charge in [0.15, 0.2) is 0 Å². The van der Waals surface area contributed by atoms with Crippen LogP contribution in [0.2, 0.25) is 0 Å². The van der Waals surface area contributed by atoms with E-state index in [1.165, 1.54) is 0 Å². The zero-order valence-corrected chi connectivity index (χ0v) is 11.1. The van der Waals surface area contributed by atoms with Crippen LogP contribution in [-0.4, -0.2) is 38.3 Å². The Bertz CT molecular complexity index is 213. The number of hydrogen-bond donors (Lipinski definition) is 2. The summed E-state index contributed by atoms with van der Waals surface area (Å²) in [5.74, 6) is 0.736. The molecule has 0 aromatic rings. The molecule has 4 nitrogen and oxygen atoms in total. The molecular weight excluding hydrogens is 216 g/mol. The van der Waals surface area contributed by atoms with Gasteiger partial charge in [-0.05, 0) is 38.3 Å². The molecule has 17 heavy (non-hydrogen) atoms. The van der Waals surface area contributed by atoms with Gasteiger partial charge < -0.3 is 15.4 Å². The van der Waals surface area contributed by atoms with Crippen LogP contribution in [0.1, 0.15) is 39.5 Å². The van der Waals surface area contributed by atoms with Crippen molar-refractivity contribution in [1.82, 2.24) is 10.6 Å². The Morgan fingerprint density at radius 1 is 1.41 bits per heavy atom. The van der Waals surface area contributed by atoms with Gasteiger partial charge in [-0.3, -0.25) is 4.79 Å². The molecule has 2 N–H and O–H groups in total. The van der Waals surface area contributed by atoms with Gasteiger partial charge >= 0.3 is 0 Å². The highest BCUT2D eigenvalue weighted by atomic mass is 16.5. The monoisotopic (exact) mass is 242 g/mol. The average Bonchev–Trinajstić information content (AvgIpc) is 2.33. The van der Waals surface area contributed by atoms with E-state index in [9.17, 15) is 4.79 Å². The number of amides is 1. The minimum Gasteiger partial charge on any atom is -0.376 e. The van der Waals surface area contributed by atoms with Gasteiger partial charge in [0.25, 0.3) is 0 Å². The fourth-order valence-electron chi connectivity index (χ4n) is 1.89. The highest BCUT2D eigenvalue weighted by Gasteiger charge is 2.12. The molecule has 0 saturated carbocycles. The van der Waals surface area contributed by atoms with Crippen molar-refractivity contribution in [3.8, 4) is 0 Å². The first kappa shape index (κ1) is 14.5. The molecule has 0 aliphatic carbocycles. The Hall–Kier alpha value is -0.610. The van der Waals surface area contributed by atoms with Gasteiger partial charge in [-0.15, -0.1) is 0 Å². The van der Waals surface area contributed by atoms with E-state index >= 15 is 0 Å². The maximum atomic E-state index is 11.4. The maximum absolute atomic E-state index is 11.4. The summed E-state index contributed by atoms with van der Waals surface area (Å²) in [7, 11) is 0. The lowest BCUT2D eigenvalue weighted by Crippen LogP contribution is -2.34. The molecule has 0 atom stereocenters. The van der Waals surface area contributed by atoms with Crippen LogP contribution < -0.4 is 10.6 Å². The van der Waals surface area contributed by atoms with E-state index in [0.717, 1.165) is 32.4 Å². The molecule has 1 fully saturated rings. The lowest BCUT2D eigenvalue weighted by atomic mass is 10.1. The van der Waals surface area contributed by atoms with Crippen molar-refractivity contribution in [3.05, 3.63) is 0 Å². The first-order valence-corrected chi connectivity index (χ1v) is 6.77.